The molecule has 0 spiro atoms. The second-order valence-corrected chi connectivity index (χ2v) is 3.30. The molecule has 0 saturated carbocycles. The molecule has 66 valence electrons. The minimum Gasteiger partial charge on any atom is -0.381 e. The summed E-state index contributed by atoms with van der Waals surface area (Å²) in [6.07, 6.45) is 2.64. The molecular formula is C9H19NO. The predicted molar refractivity (Wildman–Crippen MR) is 46.7 cm³/mol. The lowest BCUT2D eigenvalue weighted by molar-refractivity contribution is 0.0840. The van der Waals surface area contributed by atoms with Gasteiger partial charge in [-0.1, -0.05) is 0 Å². The molecule has 1 fully saturated rings. The molecule has 1 heterocycles. The standard InChI is InChI=1S/C9H19NO/c1-3-11-7-9-5-4-6-10-8(9)2/h8-10H,3-7H2,1-2H3. The summed E-state index contributed by atoms with van der Waals surface area (Å²) >= 11 is 0. The molecule has 1 aliphatic rings. The smallest absolute Gasteiger partial charge is 0.0508 e. The third kappa shape index (κ3) is 2.80. The second kappa shape index (κ2) is 4.73. The molecule has 1 rings (SSSR count). The molecule has 0 bridgehead atoms. The number of rotatable bonds is 3. The third-order valence-electron chi connectivity index (χ3n) is 2.46. The van der Waals surface area contributed by atoms with Gasteiger partial charge in [0, 0.05) is 12.6 Å². The van der Waals surface area contributed by atoms with E-state index in [1.807, 2.05) is 0 Å². The Morgan fingerprint density at radius 1 is 1.55 bits per heavy atom. The Morgan fingerprint density at radius 3 is 3.00 bits per heavy atom. The van der Waals surface area contributed by atoms with Crippen molar-refractivity contribution < 1.29 is 4.74 Å². The molecule has 1 N–H and O–H groups in total. The lowest BCUT2D eigenvalue weighted by Gasteiger charge is -2.29. The summed E-state index contributed by atoms with van der Waals surface area (Å²) in [7, 11) is 0. The van der Waals surface area contributed by atoms with Gasteiger partial charge in [-0.3, -0.25) is 0 Å². The predicted octanol–water partition coefficient (Wildman–Crippen LogP) is 1.41. The zero-order chi connectivity index (χ0) is 8.10. The Hall–Kier alpha value is -0.0800. The van der Waals surface area contributed by atoms with Crippen LogP contribution < -0.4 is 5.32 Å². The van der Waals surface area contributed by atoms with Gasteiger partial charge in [0.05, 0.1) is 6.61 Å². The van der Waals surface area contributed by atoms with E-state index in [-0.39, 0.29) is 0 Å². The van der Waals surface area contributed by atoms with Gasteiger partial charge in [-0.2, -0.15) is 0 Å². The van der Waals surface area contributed by atoms with Crippen LogP contribution in [-0.2, 0) is 4.74 Å². The van der Waals surface area contributed by atoms with Crippen molar-refractivity contribution in [1.82, 2.24) is 5.32 Å². The second-order valence-electron chi connectivity index (χ2n) is 3.30. The van der Waals surface area contributed by atoms with Gasteiger partial charge >= 0.3 is 0 Å². The van der Waals surface area contributed by atoms with Crippen LogP contribution in [0.3, 0.4) is 0 Å². The van der Waals surface area contributed by atoms with E-state index >= 15 is 0 Å². The van der Waals surface area contributed by atoms with Crippen molar-refractivity contribution in [3.8, 4) is 0 Å². The van der Waals surface area contributed by atoms with Crippen LogP contribution in [0.2, 0.25) is 0 Å². The molecule has 1 saturated heterocycles. The summed E-state index contributed by atoms with van der Waals surface area (Å²) in [4.78, 5) is 0. The Kier molecular flexibility index (Phi) is 3.87. The number of hydrogen-bond acceptors (Lipinski definition) is 2. The lowest BCUT2D eigenvalue weighted by Crippen LogP contribution is -2.40. The van der Waals surface area contributed by atoms with Crippen LogP contribution in [0.5, 0.6) is 0 Å². The van der Waals surface area contributed by atoms with Crippen molar-refractivity contribution in [2.45, 2.75) is 32.7 Å². The number of hydrogen-bond donors (Lipinski definition) is 1. The molecule has 11 heavy (non-hydrogen) atoms. The third-order valence-corrected chi connectivity index (χ3v) is 2.46. The van der Waals surface area contributed by atoms with Crippen molar-refractivity contribution in [3.05, 3.63) is 0 Å². The summed E-state index contributed by atoms with van der Waals surface area (Å²) < 4.78 is 5.40. The molecule has 0 aromatic rings. The highest BCUT2D eigenvalue weighted by atomic mass is 16.5. The van der Waals surface area contributed by atoms with Gasteiger partial charge in [-0.15, -0.1) is 0 Å². The topological polar surface area (TPSA) is 21.3 Å². The molecule has 2 nitrogen and oxygen atoms in total. The first-order valence-electron chi connectivity index (χ1n) is 4.65. The first kappa shape index (κ1) is 9.01. The Balaban J connectivity index is 2.18. The van der Waals surface area contributed by atoms with Gasteiger partial charge in [-0.05, 0) is 39.2 Å². The van der Waals surface area contributed by atoms with Crippen LogP contribution >= 0.6 is 0 Å². The highest BCUT2D eigenvalue weighted by Gasteiger charge is 2.20. The first-order chi connectivity index (χ1) is 5.34. The van der Waals surface area contributed by atoms with Crippen LogP contribution in [0.4, 0.5) is 0 Å². The van der Waals surface area contributed by atoms with Gasteiger partial charge in [0.25, 0.3) is 0 Å². The van der Waals surface area contributed by atoms with Crippen molar-refractivity contribution in [3.63, 3.8) is 0 Å². The highest BCUT2D eigenvalue weighted by molar-refractivity contribution is 4.76. The molecule has 0 aromatic heterocycles. The van der Waals surface area contributed by atoms with Crippen LogP contribution in [0, 0.1) is 5.92 Å². The Labute approximate surface area is 69.3 Å². The highest BCUT2D eigenvalue weighted by Crippen LogP contribution is 2.15. The van der Waals surface area contributed by atoms with Crippen LogP contribution in [-0.4, -0.2) is 25.8 Å². The molecule has 0 aromatic carbocycles. The summed E-state index contributed by atoms with van der Waals surface area (Å²) in [6, 6.07) is 0.648. The maximum Gasteiger partial charge on any atom is 0.0508 e. The van der Waals surface area contributed by atoms with Gasteiger partial charge in [0.1, 0.15) is 0 Å². The van der Waals surface area contributed by atoms with E-state index in [1.54, 1.807) is 0 Å². The SMILES string of the molecule is CCOCC1CCCNC1C. The van der Waals surface area contributed by atoms with E-state index in [0.29, 0.717) is 6.04 Å². The molecule has 2 atom stereocenters. The van der Waals surface area contributed by atoms with Gasteiger partial charge in [0.2, 0.25) is 0 Å². The summed E-state index contributed by atoms with van der Waals surface area (Å²) in [5.74, 6) is 0.740. The average Bonchev–Trinajstić information content (AvgIpc) is 2.03. The fourth-order valence-corrected chi connectivity index (χ4v) is 1.61. The molecule has 2 heteroatoms. The number of nitrogens with one attached hydrogen (secondary N) is 1. The molecular weight excluding hydrogens is 138 g/mol. The van der Waals surface area contributed by atoms with Crippen LogP contribution in [0.1, 0.15) is 26.7 Å². The van der Waals surface area contributed by atoms with Gasteiger partial charge in [0.15, 0.2) is 0 Å². The maximum atomic E-state index is 5.40. The maximum absolute atomic E-state index is 5.40. The largest absolute Gasteiger partial charge is 0.381 e. The van der Waals surface area contributed by atoms with Gasteiger partial charge < -0.3 is 10.1 Å². The minimum absolute atomic E-state index is 0.648. The van der Waals surface area contributed by atoms with Crippen molar-refractivity contribution in [2.75, 3.05) is 19.8 Å². The van der Waals surface area contributed by atoms with E-state index in [4.69, 9.17) is 4.74 Å². The van der Waals surface area contributed by atoms with Crippen molar-refractivity contribution >= 4 is 0 Å². The Bertz CT molecular complexity index is 106. The van der Waals surface area contributed by atoms with E-state index in [9.17, 15) is 0 Å². The molecule has 0 amide bonds. The van der Waals surface area contributed by atoms with Gasteiger partial charge in [-0.25, -0.2) is 0 Å². The normalized spacial score (nSPS) is 32.2. The molecule has 0 radical (unpaired) electrons. The van der Waals surface area contributed by atoms with E-state index in [2.05, 4.69) is 19.2 Å². The summed E-state index contributed by atoms with van der Waals surface area (Å²) in [5.41, 5.74) is 0. The molecule has 0 aliphatic carbocycles. The van der Waals surface area contributed by atoms with Crippen LogP contribution in [0.25, 0.3) is 0 Å². The molecule has 1 aliphatic heterocycles. The first-order valence-corrected chi connectivity index (χ1v) is 4.65. The number of ether oxygens (including phenoxy) is 1. The Morgan fingerprint density at radius 2 is 2.36 bits per heavy atom. The summed E-state index contributed by atoms with van der Waals surface area (Å²) in [5, 5.41) is 3.46. The fourth-order valence-electron chi connectivity index (χ4n) is 1.61. The zero-order valence-corrected chi connectivity index (χ0v) is 7.60. The average molecular weight is 157 g/mol. The summed E-state index contributed by atoms with van der Waals surface area (Å²) in [6.45, 7) is 7.28. The fraction of sp³-hybridized carbons (Fsp3) is 1.00. The monoisotopic (exact) mass is 157 g/mol. The van der Waals surface area contributed by atoms with E-state index in [0.717, 1.165) is 19.1 Å². The minimum atomic E-state index is 0.648. The van der Waals surface area contributed by atoms with E-state index < -0.39 is 0 Å². The van der Waals surface area contributed by atoms with Crippen molar-refractivity contribution in [2.24, 2.45) is 5.92 Å². The van der Waals surface area contributed by atoms with Crippen LogP contribution in [0.15, 0.2) is 0 Å². The quantitative estimate of drug-likeness (QED) is 0.669. The molecule has 2 unspecified atom stereocenters. The number of piperidine rings is 1. The zero-order valence-electron chi connectivity index (χ0n) is 7.60. The van der Waals surface area contributed by atoms with Crippen molar-refractivity contribution in [1.29, 1.82) is 0 Å². The lowest BCUT2D eigenvalue weighted by atomic mass is 9.93. The van der Waals surface area contributed by atoms with E-state index in [1.165, 1.54) is 19.4 Å².